The standard InChI is InChI=1S/C14H20INO2S/c1-4-7-8-9-10-11-12(15)19-13(16-11)14(17-5-2)18-6-3/h14H,4-8H2,1-3H3. The molecule has 5 heteroatoms. The summed E-state index contributed by atoms with van der Waals surface area (Å²) < 4.78 is 12.2. The number of unbranched alkanes of at least 4 members (excludes halogenated alkanes) is 2. The summed E-state index contributed by atoms with van der Waals surface area (Å²) in [5.41, 5.74) is 0.848. The molecule has 0 aliphatic carbocycles. The van der Waals surface area contributed by atoms with Crippen LogP contribution >= 0.6 is 33.9 Å². The first kappa shape index (κ1) is 16.9. The van der Waals surface area contributed by atoms with Gasteiger partial charge in [-0.3, -0.25) is 0 Å². The maximum absolute atomic E-state index is 5.55. The number of thiazole rings is 1. The highest BCUT2D eigenvalue weighted by Crippen LogP contribution is 2.28. The summed E-state index contributed by atoms with van der Waals surface area (Å²) in [6.45, 7) is 7.30. The minimum Gasteiger partial charge on any atom is -0.347 e. The van der Waals surface area contributed by atoms with E-state index in [1.807, 2.05) is 13.8 Å². The maximum atomic E-state index is 5.55. The molecule has 0 amide bonds. The Kier molecular flexibility index (Phi) is 8.62. The summed E-state index contributed by atoms with van der Waals surface area (Å²) in [7, 11) is 0. The van der Waals surface area contributed by atoms with Crippen LogP contribution in [0.4, 0.5) is 0 Å². The maximum Gasteiger partial charge on any atom is 0.210 e. The molecule has 0 bridgehead atoms. The van der Waals surface area contributed by atoms with Gasteiger partial charge in [-0.2, -0.15) is 0 Å². The van der Waals surface area contributed by atoms with Gasteiger partial charge < -0.3 is 9.47 Å². The number of nitrogens with zero attached hydrogens (tertiary/aromatic N) is 1. The number of hydrogen-bond donors (Lipinski definition) is 0. The van der Waals surface area contributed by atoms with Crippen LogP contribution in [0.3, 0.4) is 0 Å². The molecule has 0 saturated carbocycles. The molecule has 106 valence electrons. The van der Waals surface area contributed by atoms with Gasteiger partial charge in [-0.05, 0) is 48.8 Å². The van der Waals surface area contributed by atoms with Gasteiger partial charge in [0, 0.05) is 19.6 Å². The van der Waals surface area contributed by atoms with Crippen molar-refractivity contribution in [3.05, 3.63) is 13.6 Å². The predicted octanol–water partition coefficient (Wildman–Crippen LogP) is 4.36. The number of hydrogen-bond acceptors (Lipinski definition) is 4. The minimum atomic E-state index is -0.361. The second kappa shape index (κ2) is 9.70. The summed E-state index contributed by atoms with van der Waals surface area (Å²) in [4.78, 5) is 4.53. The number of ether oxygens (including phenoxy) is 2. The Bertz CT molecular complexity index is 430. The second-order valence-electron chi connectivity index (χ2n) is 3.82. The van der Waals surface area contributed by atoms with Crippen molar-refractivity contribution in [3.63, 3.8) is 0 Å². The number of aromatic nitrogens is 1. The SMILES string of the molecule is CCCCC#Cc1nc(C(OCC)OCC)sc1I. The van der Waals surface area contributed by atoms with Crippen LogP contribution in [0, 0.1) is 14.7 Å². The molecule has 1 aromatic rings. The van der Waals surface area contributed by atoms with Gasteiger partial charge in [-0.25, -0.2) is 4.98 Å². The van der Waals surface area contributed by atoms with Gasteiger partial charge in [0.15, 0.2) is 5.01 Å². The lowest BCUT2D eigenvalue weighted by Gasteiger charge is -2.13. The minimum absolute atomic E-state index is 0.361. The van der Waals surface area contributed by atoms with E-state index in [0.717, 1.165) is 26.4 Å². The summed E-state index contributed by atoms with van der Waals surface area (Å²) in [5, 5.41) is 0.855. The fourth-order valence-electron chi connectivity index (χ4n) is 1.40. The van der Waals surface area contributed by atoms with Crippen LogP contribution in [0.25, 0.3) is 0 Å². The van der Waals surface area contributed by atoms with E-state index in [1.165, 1.54) is 6.42 Å². The molecule has 0 atom stereocenters. The van der Waals surface area contributed by atoms with Crippen molar-refractivity contribution in [3.8, 4) is 11.8 Å². The van der Waals surface area contributed by atoms with Gasteiger partial charge in [0.05, 0.1) is 0 Å². The largest absolute Gasteiger partial charge is 0.347 e. The van der Waals surface area contributed by atoms with Crippen molar-refractivity contribution in [1.29, 1.82) is 0 Å². The first-order valence-corrected chi connectivity index (χ1v) is 8.50. The van der Waals surface area contributed by atoms with Crippen molar-refractivity contribution in [2.45, 2.75) is 46.3 Å². The Morgan fingerprint density at radius 3 is 2.53 bits per heavy atom. The smallest absolute Gasteiger partial charge is 0.210 e. The van der Waals surface area contributed by atoms with Crippen LogP contribution in [0.15, 0.2) is 0 Å². The Morgan fingerprint density at radius 1 is 1.26 bits per heavy atom. The summed E-state index contributed by atoms with van der Waals surface area (Å²) in [5.74, 6) is 6.31. The lowest BCUT2D eigenvalue weighted by Crippen LogP contribution is -2.08. The first-order chi connectivity index (χ1) is 9.22. The monoisotopic (exact) mass is 393 g/mol. The van der Waals surface area contributed by atoms with Crippen molar-refractivity contribution < 1.29 is 9.47 Å². The second-order valence-corrected chi connectivity index (χ2v) is 6.66. The molecule has 0 unspecified atom stereocenters. The third-order valence-electron chi connectivity index (χ3n) is 2.30. The van der Waals surface area contributed by atoms with E-state index in [9.17, 15) is 0 Å². The molecule has 0 N–H and O–H groups in total. The molecular weight excluding hydrogens is 373 g/mol. The Morgan fingerprint density at radius 2 is 1.95 bits per heavy atom. The van der Waals surface area contributed by atoms with E-state index in [1.54, 1.807) is 11.3 Å². The highest BCUT2D eigenvalue weighted by molar-refractivity contribution is 14.1. The van der Waals surface area contributed by atoms with Crippen LogP contribution in [-0.2, 0) is 9.47 Å². The van der Waals surface area contributed by atoms with Gasteiger partial charge >= 0.3 is 0 Å². The van der Waals surface area contributed by atoms with Gasteiger partial charge in [-0.15, -0.1) is 11.3 Å². The molecule has 0 aromatic carbocycles. The van der Waals surface area contributed by atoms with Gasteiger partial charge in [-0.1, -0.05) is 19.3 Å². The van der Waals surface area contributed by atoms with Gasteiger partial charge in [0.2, 0.25) is 6.29 Å². The zero-order valence-electron chi connectivity index (χ0n) is 11.7. The third kappa shape index (κ3) is 5.78. The zero-order chi connectivity index (χ0) is 14.1. The molecule has 1 aromatic heterocycles. The molecule has 1 rings (SSSR count). The van der Waals surface area contributed by atoms with E-state index in [4.69, 9.17) is 9.47 Å². The Labute approximate surface area is 133 Å². The third-order valence-corrected chi connectivity index (χ3v) is 4.34. The Balaban J connectivity index is 2.77. The fourth-order valence-corrected chi connectivity index (χ4v) is 3.08. The molecular formula is C14H20INO2S. The van der Waals surface area contributed by atoms with Crippen molar-refractivity contribution in [2.24, 2.45) is 0 Å². The van der Waals surface area contributed by atoms with Crippen LogP contribution < -0.4 is 0 Å². The van der Waals surface area contributed by atoms with Crippen molar-refractivity contribution >= 4 is 33.9 Å². The normalized spacial score (nSPS) is 10.6. The highest BCUT2D eigenvalue weighted by atomic mass is 127. The Hall–Kier alpha value is -0.160. The molecule has 0 aliphatic heterocycles. The van der Waals surface area contributed by atoms with Gasteiger partial charge in [0.1, 0.15) is 8.58 Å². The van der Waals surface area contributed by atoms with E-state index in [-0.39, 0.29) is 6.29 Å². The quantitative estimate of drug-likeness (QED) is 0.299. The van der Waals surface area contributed by atoms with E-state index < -0.39 is 0 Å². The van der Waals surface area contributed by atoms with E-state index in [0.29, 0.717) is 13.2 Å². The fraction of sp³-hybridized carbons (Fsp3) is 0.643. The molecule has 0 spiro atoms. The summed E-state index contributed by atoms with van der Waals surface area (Å²) in [6, 6.07) is 0. The first-order valence-electron chi connectivity index (χ1n) is 6.61. The predicted molar refractivity (Wildman–Crippen MR) is 87.2 cm³/mol. The van der Waals surface area contributed by atoms with E-state index >= 15 is 0 Å². The van der Waals surface area contributed by atoms with Crippen molar-refractivity contribution in [1.82, 2.24) is 4.98 Å². The molecule has 0 fully saturated rings. The molecule has 3 nitrogen and oxygen atoms in total. The average Bonchev–Trinajstić information content (AvgIpc) is 2.76. The van der Waals surface area contributed by atoms with Crippen LogP contribution in [0.2, 0.25) is 0 Å². The van der Waals surface area contributed by atoms with Gasteiger partial charge in [0.25, 0.3) is 0 Å². The summed E-state index contributed by atoms with van der Waals surface area (Å²) >= 11 is 3.86. The molecule has 0 aliphatic rings. The number of halogens is 1. The highest BCUT2D eigenvalue weighted by Gasteiger charge is 2.18. The molecule has 0 saturated heterocycles. The van der Waals surface area contributed by atoms with Crippen LogP contribution in [0.5, 0.6) is 0 Å². The average molecular weight is 393 g/mol. The number of rotatable bonds is 7. The van der Waals surface area contributed by atoms with Crippen molar-refractivity contribution in [2.75, 3.05) is 13.2 Å². The van der Waals surface area contributed by atoms with Crippen LogP contribution in [0.1, 0.15) is 57.0 Å². The lowest BCUT2D eigenvalue weighted by molar-refractivity contribution is -0.140. The molecule has 0 radical (unpaired) electrons. The zero-order valence-corrected chi connectivity index (χ0v) is 14.6. The van der Waals surface area contributed by atoms with E-state index in [2.05, 4.69) is 46.3 Å². The molecule has 19 heavy (non-hydrogen) atoms. The topological polar surface area (TPSA) is 31.4 Å². The molecule has 1 heterocycles. The van der Waals surface area contributed by atoms with Crippen LogP contribution in [-0.4, -0.2) is 18.2 Å². The summed E-state index contributed by atoms with van der Waals surface area (Å²) in [6.07, 6.45) is 2.88. The lowest BCUT2D eigenvalue weighted by atomic mass is 10.2.